The van der Waals surface area contributed by atoms with Gasteiger partial charge in [-0.15, -0.1) is 0 Å². The fourth-order valence-corrected chi connectivity index (χ4v) is 2.70. The molecule has 0 aromatic carbocycles. The Balaban J connectivity index is 1.71. The van der Waals surface area contributed by atoms with E-state index in [-0.39, 0.29) is 0 Å². The van der Waals surface area contributed by atoms with E-state index in [0.717, 1.165) is 48.9 Å². The maximum absolute atomic E-state index is 5.54. The Morgan fingerprint density at radius 3 is 3.00 bits per heavy atom. The van der Waals surface area contributed by atoms with Crippen LogP contribution in [-0.2, 0) is 4.74 Å². The second kappa shape index (κ2) is 5.03. The summed E-state index contributed by atoms with van der Waals surface area (Å²) >= 11 is 2.18. The van der Waals surface area contributed by atoms with Crippen molar-refractivity contribution in [2.45, 2.75) is 6.04 Å². The van der Waals surface area contributed by atoms with Gasteiger partial charge in [-0.05, 0) is 22.6 Å². The second-order valence-electron chi connectivity index (χ2n) is 4.41. The van der Waals surface area contributed by atoms with E-state index in [1.807, 2.05) is 12.4 Å². The van der Waals surface area contributed by atoms with Crippen LogP contribution >= 0.6 is 22.6 Å². The molecule has 6 heteroatoms. The summed E-state index contributed by atoms with van der Waals surface area (Å²) in [6, 6.07) is 0.513. The smallest absolute Gasteiger partial charge is 0.147 e. The maximum Gasteiger partial charge on any atom is 0.147 e. The molecule has 1 unspecified atom stereocenters. The van der Waals surface area contributed by atoms with Crippen molar-refractivity contribution in [2.75, 3.05) is 44.3 Å². The number of hydrogen-bond acceptors (Lipinski definition) is 5. The minimum absolute atomic E-state index is 0.513. The molecule has 5 nitrogen and oxygen atoms in total. The van der Waals surface area contributed by atoms with E-state index >= 15 is 0 Å². The Kier molecular flexibility index (Phi) is 3.44. The SMILES string of the molecule is Ic1cnc(N2CCN3CCOCC3C2)cn1. The molecule has 17 heavy (non-hydrogen) atoms. The van der Waals surface area contributed by atoms with Crippen LogP contribution in [0.5, 0.6) is 0 Å². The van der Waals surface area contributed by atoms with Crippen molar-refractivity contribution in [3.05, 3.63) is 16.1 Å². The third kappa shape index (κ3) is 2.53. The van der Waals surface area contributed by atoms with Gasteiger partial charge in [0.15, 0.2) is 0 Å². The van der Waals surface area contributed by atoms with Gasteiger partial charge in [0.25, 0.3) is 0 Å². The largest absolute Gasteiger partial charge is 0.378 e. The van der Waals surface area contributed by atoms with Crippen molar-refractivity contribution in [3.63, 3.8) is 0 Å². The van der Waals surface area contributed by atoms with Crippen LogP contribution in [0.3, 0.4) is 0 Å². The highest BCUT2D eigenvalue weighted by atomic mass is 127. The van der Waals surface area contributed by atoms with Gasteiger partial charge in [-0.3, -0.25) is 4.90 Å². The van der Waals surface area contributed by atoms with Crippen LogP contribution in [0.25, 0.3) is 0 Å². The van der Waals surface area contributed by atoms with Gasteiger partial charge in [-0.2, -0.15) is 0 Å². The van der Waals surface area contributed by atoms with Crippen LogP contribution < -0.4 is 4.90 Å². The standard InChI is InChI=1S/C11H15IN4O/c12-10-5-14-11(6-13-10)16-2-1-15-3-4-17-8-9(15)7-16/h5-6,9H,1-4,7-8H2. The summed E-state index contributed by atoms with van der Waals surface area (Å²) in [4.78, 5) is 13.6. The summed E-state index contributed by atoms with van der Waals surface area (Å²) in [7, 11) is 0. The first kappa shape index (κ1) is 11.6. The maximum atomic E-state index is 5.54. The van der Waals surface area contributed by atoms with Crippen molar-refractivity contribution in [2.24, 2.45) is 0 Å². The van der Waals surface area contributed by atoms with Crippen LogP contribution in [0.4, 0.5) is 5.82 Å². The van der Waals surface area contributed by atoms with Crippen molar-refractivity contribution in [1.82, 2.24) is 14.9 Å². The molecule has 0 bridgehead atoms. The highest BCUT2D eigenvalue weighted by molar-refractivity contribution is 14.1. The predicted octanol–water partition coefficient (Wildman–Crippen LogP) is 0.602. The first-order valence-corrected chi connectivity index (χ1v) is 6.95. The molecule has 2 fully saturated rings. The highest BCUT2D eigenvalue weighted by Crippen LogP contribution is 2.18. The van der Waals surface area contributed by atoms with Crippen LogP contribution in [0.2, 0.25) is 0 Å². The molecule has 0 spiro atoms. The zero-order valence-corrected chi connectivity index (χ0v) is 11.7. The molecule has 0 amide bonds. The lowest BCUT2D eigenvalue weighted by Crippen LogP contribution is -2.58. The fourth-order valence-electron chi connectivity index (χ4n) is 2.42. The summed E-state index contributed by atoms with van der Waals surface area (Å²) in [5, 5.41) is 0. The van der Waals surface area contributed by atoms with Gasteiger partial charge in [-0.1, -0.05) is 0 Å². The molecule has 92 valence electrons. The molecule has 3 heterocycles. The summed E-state index contributed by atoms with van der Waals surface area (Å²) < 4.78 is 6.47. The molecule has 2 saturated heterocycles. The summed E-state index contributed by atoms with van der Waals surface area (Å²) in [6.45, 7) is 5.91. The number of aromatic nitrogens is 2. The number of nitrogens with zero attached hydrogens (tertiary/aromatic N) is 4. The number of ether oxygens (including phenoxy) is 1. The first-order chi connectivity index (χ1) is 8.33. The number of fused-ring (bicyclic) bond motifs is 1. The third-order valence-electron chi connectivity index (χ3n) is 3.37. The Morgan fingerprint density at radius 2 is 2.18 bits per heavy atom. The van der Waals surface area contributed by atoms with Gasteiger partial charge in [0.1, 0.15) is 9.52 Å². The summed E-state index contributed by atoms with van der Waals surface area (Å²) in [5.41, 5.74) is 0. The van der Waals surface area contributed by atoms with Gasteiger partial charge >= 0.3 is 0 Å². The third-order valence-corrected chi connectivity index (χ3v) is 3.93. The Labute approximate surface area is 114 Å². The molecule has 2 aliphatic rings. The average molecular weight is 346 g/mol. The van der Waals surface area contributed by atoms with Gasteiger partial charge in [0, 0.05) is 26.2 Å². The molecule has 1 aromatic rings. The van der Waals surface area contributed by atoms with Gasteiger partial charge in [0.2, 0.25) is 0 Å². The molecule has 1 atom stereocenters. The molecule has 0 radical (unpaired) electrons. The van der Waals surface area contributed by atoms with Gasteiger partial charge < -0.3 is 9.64 Å². The molecule has 3 rings (SSSR count). The normalized spacial score (nSPS) is 25.7. The molecule has 1 aromatic heterocycles. The lowest BCUT2D eigenvalue weighted by molar-refractivity contribution is -0.0118. The van der Waals surface area contributed by atoms with E-state index in [2.05, 4.69) is 42.4 Å². The van der Waals surface area contributed by atoms with E-state index in [1.54, 1.807) is 0 Å². The topological polar surface area (TPSA) is 41.5 Å². The quantitative estimate of drug-likeness (QED) is 0.697. The predicted molar refractivity (Wildman–Crippen MR) is 73.1 cm³/mol. The van der Waals surface area contributed by atoms with E-state index in [9.17, 15) is 0 Å². The van der Waals surface area contributed by atoms with Crippen molar-refractivity contribution in [3.8, 4) is 0 Å². The minimum atomic E-state index is 0.513. The summed E-state index contributed by atoms with van der Waals surface area (Å²) in [5.74, 6) is 0.982. The van der Waals surface area contributed by atoms with E-state index in [0.29, 0.717) is 6.04 Å². The molecule has 2 aliphatic heterocycles. The number of halogens is 1. The Morgan fingerprint density at radius 1 is 1.24 bits per heavy atom. The van der Waals surface area contributed by atoms with Crippen LogP contribution in [0.1, 0.15) is 0 Å². The monoisotopic (exact) mass is 346 g/mol. The minimum Gasteiger partial charge on any atom is -0.378 e. The van der Waals surface area contributed by atoms with Crippen molar-refractivity contribution >= 4 is 28.4 Å². The van der Waals surface area contributed by atoms with Gasteiger partial charge in [0.05, 0.1) is 31.6 Å². The number of rotatable bonds is 1. The van der Waals surface area contributed by atoms with E-state index in [1.165, 1.54) is 0 Å². The van der Waals surface area contributed by atoms with Gasteiger partial charge in [-0.25, -0.2) is 9.97 Å². The van der Waals surface area contributed by atoms with E-state index in [4.69, 9.17) is 4.74 Å². The van der Waals surface area contributed by atoms with Crippen molar-refractivity contribution in [1.29, 1.82) is 0 Å². The lowest BCUT2D eigenvalue weighted by atomic mass is 10.1. The van der Waals surface area contributed by atoms with E-state index < -0.39 is 0 Å². The number of morpholine rings is 1. The van der Waals surface area contributed by atoms with Crippen LogP contribution in [0.15, 0.2) is 12.4 Å². The molecule has 0 aliphatic carbocycles. The molecular formula is C11H15IN4O. The number of hydrogen-bond donors (Lipinski definition) is 0. The van der Waals surface area contributed by atoms with Crippen molar-refractivity contribution < 1.29 is 4.74 Å². The molecule has 0 saturated carbocycles. The number of anilines is 1. The lowest BCUT2D eigenvalue weighted by Gasteiger charge is -2.44. The fraction of sp³-hybridized carbons (Fsp3) is 0.636. The Bertz CT molecular complexity index is 386. The van der Waals surface area contributed by atoms with Crippen LogP contribution in [-0.4, -0.2) is 60.3 Å². The summed E-state index contributed by atoms with van der Waals surface area (Å²) in [6.07, 6.45) is 3.68. The first-order valence-electron chi connectivity index (χ1n) is 5.87. The second-order valence-corrected chi connectivity index (χ2v) is 5.51. The number of piperazine rings is 1. The highest BCUT2D eigenvalue weighted by Gasteiger charge is 2.29. The molecule has 0 N–H and O–H groups in total. The molecular weight excluding hydrogens is 331 g/mol. The van der Waals surface area contributed by atoms with Crippen LogP contribution in [0, 0.1) is 3.70 Å². The zero-order chi connectivity index (χ0) is 11.7. The average Bonchev–Trinajstić information content (AvgIpc) is 2.39. The Hall–Kier alpha value is -0.470. The zero-order valence-electron chi connectivity index (χ0n) is 9.55.